The molecule has 10 heteroatoms. The Balaban J connectivity index is 1.46. The van der Waals surface area contributed by atoms with Gasteiger partial charge in [-0.15, -0.1) is 0 Å². The molecule has 0 aliphatic rings. The highest BCUT2D eigenvalue weighted by Gasteiger charge is 2.38. The highest BCUT2D eigenvalue weighted by Crippen LogP contribution is 2.35. The van der Waals surface area contributed by atoms with Gasteiger partial charge in [0.25, 0.3) is 5.91 Å². The van der Waals surface area contributed by atoms with E-state index in [1.165, 1.54) is 11.6 Å². The van der Waals surface area contributed by atoms with Crippen LogP contribution in [0.2, 0.25) is 10.0 Å². The zero-order valence-electron chi connectivity index (χ0n) is 17.0. The summed E-state index contributed by atoms with van der Waals surface area (Å²) in [6.45, 7) is 2.29. The largest absolute Gasteiger partial charge is 0.489 e. The Morgan fingerprint density at radius 1 is 1.09 bits per heavy atom. The van der Waals surface area contributed by atoms with Crippen molar-refractivity contribution in [3.05, 3.63) is 81.1 Å². The molecule has 3 rings (SSSR count). The molecule has 32 heavy (non-hydrogen) atoms. The fraction of sp³-hybridized carbons (Fsp3) is 0.273. The van der Waals surface area contributed by atoms with Crippen LogP contribution in [0.1, 0.15) is 33.7 Å². The summed E-state index contributed by atoms with van der Waals surface area (Å²) in [6, 6.07) is 14.0. The van der Waals surface area contributed by atoms with Crippen LogP contribution in [0.15, 0.2) is 48.5 Å². The Kier molecular flexibility index (Phi) is 7.69. The van der Waals surface area contributed by atoms with Gasteiger partial charge in [-0.3, -0.25) is 9.48 Å². The number of carbonyl (C=O) groups is 1. The smallest absolute Gasteiger partial charge is 0.436 e. The van der Waals surface area contributed by atoms with Crippen molar-refractivity contribution in [3.63, 3.8) is 0 Å². The summed E-state index contributed by atoms with van der Waals surface area (Å²) in [6.07, 6.45) is -4.21. The van der Waals surface area contributed by atoms with Crippen LogP contribution in [-0.2, 0) is 19.3 Å². The number of benzene rings is 2. The molecule has 2 aromatic carbocycles. The van der Waals surface area contributed by atoms with Gasteiger partial charge in [-0.2, -0.15) is 18.3 Å². The van der Waals surface area contributed by atoms with Crippen LogP contribution in [0.4, 0.5) is 13.2 Å². The average Bonchev–Trinajstić information content (AvgIpc) is 3.05. The quantitative estimate of drug-likeness (QED) is 0.403. The minimum atomic E-state index is -4.60. The minimum Gasteiger partial charge on any atom is -0.489 e. The van der Waals surface area contributed by atoms with Crippen molar-refractivity contribution in [2.75, 3.05) is 6.54 Å². The van der Waals surface area contributed by atoms with Crippen molar-refractivity contribution < 1.29 is 22.7 Å². The van der Waals surface area contributed by atoms with E-state index in [9.17, 15) is 18.0 Å². The molecular weight excluding hydrogens is 466 g/mol. The first-order chi connectivity index (χ1) is 15.1. The highest BCUT2D eigenvalue weighted by atomic mass is 35.5. The summed E-state index contributed by atoms with van der Waals surface area (Å²) in [5.41, 5.74) is 0.503. The van der Waals surface area contributed by atoms with E-state index in [-0.39, 0.29) is 24.7 Å². The van der Waals surface area contributed by atoms with E-state index >= 15 is 0 Å². The number of nitrogens with one attached hydrogen (secondary N) is 1. The van der Waals surface area contributed by atoms with Crippen molar-refractivity contribution in [1.29, 1.82) is 0 Å². The first kappa shape index (κ1) is 23.9. The fourth-order valence-electron chi connectivity index (χ4n) is 2.91. The molecule has 1 aromatic heterocycles. The lowest BCUT2D eigenvalue weighted by molar-refractivity contribution is -0.141. The molecule has 170 valence electrons. The first-order valence-electron chi connectivity index (χ1n) is 9.71. The normalized spacial score (nSPS) is 11.4. The third-order valence-electron chi connectivity index (χ3n) is 4.67. The molecule has 3 aromatic rings. The molecule has 0 fully saturated rings. The van der Waals surface area contributed by atoms with Crippen LogP contribution in [0.25, 0.3) is 0 Å². The first-order valence-corrected chi connectivity index (χ1v) is 10.5. The Morgan fingerprint density at radius 2 is 1.75 bits per heavy atom. The Morgan fingerprint density at radius 3 is 2.34 bits per heavy atom. The lowest BCUT2D eigenvalue weighted by Crippen LogP contribution is -2.25. The van der Waals surface area contributed by atoms with Gasteiger partial charge in [0.1, 0.15) is 12.4 Å². The maximum Gasteiger partial charge on any atom is 0.436 e. The van der Waals surface area contributed by atoms with Gasteiger partial charge < -0.3 is 10.1 Å². The number of nitrogens with zero attached hydrogens (tertiary/aromatic N) is 2. The minimum absolute atomic E-state index is 0.197. The molecule has 0 saturated heterocycles. The summed E-state index contributed by atoms with van der Waals surface area (Å²) in [5.74, 6) is 0.411. The van der Waals surface area contributed by atoms with Crippen LogP contribution >= 0.6 is 23.2 Å². The number of hydrogen-bond acceptors (Lipinski definition) is 3. The van der Waals surface area contributed by atoms with Crippen molar-refractivity contribution in [2.45, 2.75) is 32.7 Å². The van der Waals surface area contributed by atoms with E-state index in [1.807, 2.05) is 0 Å². The number of halogens is 5. The second kappa shape index (κ2) is 10.3. The number of rotatable bonds is 8. The van der Waals surface area contributed by atoms with Gasteiger partial charge >= 0.3 is 6.18 Å². The number of amides is 1. The molecule has 0 unspecified atom stereocenters. The topological polar surface area (TPSA) is 56.2 Å². The molecule has 0 radical (unpaired) electrons. The van der Waals surface area contributed by atoms with Gasteiger partial charge in [0.15, 0.2) is 5.69 Å². The maximum atomic E-state index is 12.9. The van der Waals surface area contributed by atoms with E-state index in [0.717, 1.165) is 5.56 Å². The molecular formula is C22H20Cl2F3N3O2. The Hall–Kier alpha value is -2.71. The van der Waals surface area contributed by atoms with Crippen LogP contribution in [0.3, 0.4) is 0 Å². The number of aryl methyl sites for hydroxylation is 1. The Bertz CT molecular complexity index is 1070. The van der Waals surface area contributed by atoms with Crippen LogP contribution < -0.4 is 10.1 Å². The van der Waals surface area contributed by atoms with E-state index in [4.69, 9.17) is 27.9 Å². The monoisotopic (exact) mass is 485 g/mol. The maximum absolute atomic E-state index is 12.9. The fourth-order valence-corrected chi connectivity index (χ4v) is 3.27. The molecule has 1 N–H and O–H groups in total. The van der Waals surface area contributed by atoms with Gasteiger partial charge in [-0.25, -0.2) is 0 Å². The number of carbonyl (C=O) groups excluding carboxylic acids is 1. The van der Waals surface area contributed by atoms with Gasteiger partial charge in [0, 0.05) is 23.7 Å². The molecule has 0 spiro atoms. The zero-order valence-corrected chi connectivity index (χ0v) is 18.6. The second-order valence-corrected chi connectivity index (χ2v) is 7.83. The van der Waals surface area contributed by atoms with Gasteiger partial charge in [-0.1, -0.05) is 35.3 Å². The lowest BCUT2D eigenvalue weighted by Gasteiger charge is -2.09. The number of hydrogen-bond donors (Lipinski definition) is 1. The standard InChI is InChI=1S/C22H20Cl2F3N3O2/c1-14-19(24)20(22(25,26)27)29-30(14)12-2-11-28-21(31)16-5-3-15(4-6-16)13-32-18-9-7-17(23)8-10-18/h3-10H,2,11-13H2,1H3,(H,28,31). The number of ether oxygens (including phenoxy) is 1. The van der Waals surface area contributed by atoms with E-state index < -0.39 is 16.9 Å². The van der Waals surface area contributed by atoms with Crippen molar-refractivity contribution in [1.82, 2.24) is 15.1 Å². The third kappa shape index (κ3) is 6.17. The molecule has 1 amide bonds. The van der Waals surface area contributed by atoms with Gasteiger partial charge in [0.2, 0.25) is 0 Å². The molecule has 0 aliphatic carbocycles. The van der Waals surface area contributed by atoms with E-state index in [0.29, 0.717) is 29.4 Å². The summed E-state index contributed by atoms with van der Waals surface area (Å²) in [5, 5.41) is 6.51. The summed E-state index contributed by atoms with van der Waals surface area (Å²) < 4.78 is 45.5. The highest BCUT2D eigenvalue weighted by molar-refractivity contribution is 6.32. The predicted octanol–water partition coefficient (Wildman–Crippen LogP) is 5.92. The summed E-state index contributed by atoms with van der Waals surface area (Å²) >= 11 is 11.6. The van der Waals surface area contributed by atoms with E-state index in [2.05, 4.69) is 10.4 Å². The van der Waals surface area contributed by atoms with Crippen LogP contribution in [-0.4, -0.2) is 22.2 Å². The SMILES string of the molecule is Cc1c(Cl)c(C(F)(F)F)nn1CCCNC(=O)c1ccc(COc2ccc(Cl)cc2)cc1. The number of alkyl halides is 3. The van der Waals surface area contributed by atoms with Gasteiger partial charge in [-0.05, 0) is 55.3 Å². The Labute approximate surface area is 193 Å². The molecule has 5 nitrogen and oxygen atoms in total. The third-order valence-corrected chi connectivity index (χ3v) is 5.37. The number of aromatic nitrogens is 2. The van der Waals surface area contributed by atoms with Crippen molar-refractivity contribution in [3.8, 4) is 5.75 Å². The van der Waals surface area contributed by atoms with Gasteiger partial charge in [0.05, 0.1) is 10.7 Å². The molecule has 0 saturated carbocycles. The van der Waals surface area contributed by atoms with E-state index in [1.54, 1.807) is 48.5 Å². The van der Waals surface area contributed by atoms with Crippen LogP contribution in [0, 0.1) is 6.92 Å². The average molecular weight is 486 g/mol. The van der Waals surface area contributed by atoms with Crippen molar-refractivity contribution in [2.24, 2.45) is 0 Å². The van der Waals surface area contributed by atoms with Crippen molar-refractivity contribution >= 4 is 29.1 Å². The molecule has 1 heterocycles. The summed E-state index contributed by atoms with van der Waals surface area (Å²) in [4.78, 5) is 12.3. The van der Waals surface area contributed by atoms with Crippen LogP contribution in [0.5, 0.6) is 5.75 Å². The predicted molar refractivity (Wildman–Crippen MR) is 116 cm³/mol. The molecule has 0 aliphatic heterocycles. The molecule has 0 bridgehead atoms. The zero-order chi connectivity index (χ0) is 23.3. The summed E-state index contributed by atoms with van der Waals surface area (Å²) in [7, 11) is 0. The lowest BCUT2D eigenvalue weighted by atomic mass is 10.1. The second-order valence-electron chi connectivity index (χ2n) is 7.02. The molecule has 0 atom stereocenters.